The molecule has 0 radical (unpaired) electrons. The summed E-state index contributed by atoms with van der Waals surface area (Å²) in [5, 5.41) is 4.53. The fraction of sp³-hybridized carbons (Fsp3) is 0.368. The maximum Gasteiger partial charge on any atom is 0.0406 e. The predicted octanol–water partition coefficient (Wildman–Crippen LogP) is 5.76. The SMILES string of the molecule is CCC(NC(C)c1cc(C)ccc1C)c1ccc(Cl)cc1. The Labute approximate surface area is 133 Å². The summed E-state index contributed by atoms with van der Waals surface area (Å²) in [6.45, 7) is 8.77. The lowest BCUT2D eigenvalue weighted by atomic mass is 9.97. The lowest BCUT2D eigenvalue weighted by Gasteiger charge is -2.24. The Kier molecular flexibility index (Phi) is 5.44. The molecule has 0 aliphatic heterocycles. The second kappa shape index (κ2) is 7.11. The summed E-state index contributed by atoms with van der Waals surface area (Å²) in [4.78, 5) is 0. The third-order valence-electron chi connectivity index (χ3n) is 4.03. The highest BCUT2D eigenvalue weighted by molar-refractivity contribution is 6.30. The topological polar surface area (TPSA) is 12.0 Å². The van der Waals surface area contributed by atoms with E-state index in [4.69, 9.17) is 11.6 Å². The predicted molar refractivity (Wildman–Crippen MR) is 92.0 cm³/mol. The first-order chi connectivity index (χ1) is 10.0. The van der Waals surface area contributed by atoms with E-state index >= 15 is 0 Å². The minimum Gasteiger partial charge on any atom is -0.303 e. The zero-order valence-corrected chi connectivity index (χ0v) is 14.0. The molecule has 2 rings (SSSR count). The molecule has 2 aromatic carbocycles. The maximum atomic E-state index is 5.98. The number of benzene rings is 2. The lowest BCUT2D eigenvalue weighted by molar-refractivity contribution is 0.455. The molecular formula is C19H24ClN. The Bertz CT molecular complexity index is 589. The van der Waals surface area contributed by atoms with Crippen LogP contribution in [0.25, 0.3) is 0 Å². The highest BCUT2D eigenvalue weighted by Crippen LogP contribution is 2.25. The van der Waals surface area contributed by atoms with Crippen LogP contribution in [-0.4, -0.2) is 0 Å². The fourth-order valence-corrected chi connectivity index (χ4v) is 2.89. The molecule has 2 atom stereocenters. The molecular weight excluding hydrogens is 278 g/mol. The van der Waals surface area contributed by atoms with Gasteiger partial charge < -0.3 is 5.32 Å². The quantitative estimate of drug-likeness (QED) is 0.740. The van der Waals surface area contributed by atoms with Gasteiger partial charge in [-0.05, 0) is 56.0 Å². The van der Waals surface area contributed by atoms with Crippen LogP contribution in [0.1, 0.15) is 54.6 Å². The molecule has 1 nitrogen and oxygen atoms in total. The smallest absolute Gasteiger partial charge is 0.0406 e. The van der Waals surface area contributed by atoms with E-state index in [0.717, 1.165) is 11.4 Å². The van der Waals surface area contributed by atoms with Crippen molar-refractivity contribution in [2.45, 2.75) is 46.2 Å². The fourth-order valence-electron chi connectivity index (χ4n) is 2.76. The van der Waals surface area contributed by atoms with Crippen molar-refractivity contribution in [2.24, 2.45) is 0 Å². The third kappa shape index (κ3) is 4.09. The molecule has 0 aliphatic rings. The van der Waals surface area contributed by atoms with Crippen molar-refractivity contribution in [2.75, 3.05) is 0 Å². The summed E-state index contributed by atoms with van der Waals surface area (Å²) >= 11 is 5.98. The Balaban J connectivity index is 2.17. The highest BCUT2D eigenvalue weighted by atomic mass is 35.5. The second-order valence-corrected chi connectivity index (χ2v) is 6.20. The van der Waals surface area contributed by atoms with Crippen molar-refractivity contribution >= 4 is 11.6 Å². The van der Waals surface area contributed by atoms with E-state index in [1.807, 2.05) is 12.1 Å². The van der Waals surface area contributed by atoms with Crippen molar-refractivity contribution < 1.29 is 0 Å². The van der Waals surface area contributed by atoms with Gasteiger partial charge in [-0.15, -0.1) is 0 Å². The summed E-state index contributed by atoms with van der Waals surface area (Å²) in [5.41, 5.74) is 5.32. The van der Waals surface area contributed by atoms with Gasteiger partial charge >= 0.3 is 0 Å². The van der Waals surface area contributed by atoms with Crippen LogP contribution in [0.3, 0.4) is 0 Å². The van der Waals surface area contributed by atoms with Crippen molar-refractivity contribution in [1.82, 2.24) is 5.32 Å². The van der Waals surface area contributed by atoms with E-state index in [2.05, 4.69) is 63.3 Å². The van der Waals surface area contributed by atoms with E-state index in [1.54, 1.807) is 0 Å². The third-order valence-corrected chi connectivity index (χ3v) is 4.29. The van der Waals surface area contributed by atoms with Crippen molar-refractivity contribution in [3.63, 3.8) is 0 Å². The molecule has 0 saturated carbocycles. The summed E-state index contributed by atoms with van der Waals surface area (Å²) in [5.74, 6) is 0. The minimum absolute atomic E-state index is 0.325. The number of nitrogens with one attached hydrogen (secondary N) is 1. The molecule has 2 unspecified atom stereocenters. The summed E-state index contributed by atoms with van der Waals surface area (Å²) in [6.07, 6.45) is 1.05. The van der Waals surface area contributed by atoms with E-state index < -0.39 is 0 Å². The number of rotatable bonds is 5. The molecule has 2 heteroatoms. The molecule has 0 spiro atoms. The molecule has 112 valence electrons. The number of hydrogen-bond donors (Lipinski definition) is 1. The first kappa shape index (κ1) is 16.1. The van der Waals surface area contributed by atoms with Crippen LogP contribution in [-0.2, 0) is 0 Å². The van der Waals surface area contributed by atoms with Gasteiger partial charge in [0.15, 0.2) is 0 Å². The van der Waals surface area contributed by atoms with Gasteiger partial charge in [0.2, 0.25) is 0 Å². The summed E-state index contributed by atoms with van der Waals surface area (Å²) in [7, 11) is 0. The molecule has 21 heavy (non-hydrogen) atoms. The largest absolute Gasteiger partial charge is 0.303 e. The van der Waals surface area contributed by atoms with E-state index in [9.17, 15) is 0 Å². The summed E-state index contributed by atoms with van der Waals surface area (Å²) in [6, 6.07) is 15.5. The van der Waals surface area contributed by atoms with Gasteiger partial charge in [0, 0.05) is 17.1 Å². The molecule has 1 N–H and O–H groups in total. The Morgan fingerprint density at radius 2 is 1.71 bits per heavy atom. The Hall–Kier alpha value is -1.31. The van der Waals surface area contributed by atoms with Gasteiger partial charge in [0.1, 0.15) is 0 Å². The van der Waals surface area contributed by atoms with Gasteiger partial charge in [-0.25, -0.2) is 0 Å². The molecule has 0 aromatic heterocycles. The molecule has 0 heterocycles. The van der Waals surface area contributed by atoms with Crippen molar-refractivity contribution in [1.29, 1.82) is 0 Å². The molecule has 0 fully saturated rings. The van der Waals surface area contributed by atoms with Gasteiger partial charge in [-0.1, -0.05) is 54.4 Å². The normalized spacial score (nSPS) is 14.0. The zero-order valence-electron chi connectivity index (χ0n) is 13.3. The van der Waals surface area contributed by atoms with Crippen molar-refractivity contribution in [3.8, 4) is 0 Å². The average Bonchev–Trinajstić information content (AvgIpc) is 2.48. The maximum absolute atomic E-state index is 5.98. The number of hydrogen-bond acceptors (Lipinski definition) is 1. The van der Waals surface area contributed by atoms with E-state index in [0.29, 0.717) is 12.1 Å². The standard InChI is InChI=1S/C19H24ClN/c1-5-19(16-8-10-17(20)11-9-16)21-15(4)18-12-13(2)6-7-14(18)3/h6-12,15,19,21H,5H2,1-4H3. The van der Waals surface area contributed by atoms with Gasteiger partial charge in [0.25, 0.3) is 0 Å². The first-order valence-corrected chi connectivity index (χ1v) is 7.97. The summed E-state index contributed by atoms with van der Waals surface area (Å²) < 4.78 is 0. The monoisotopic (exact) mass is 301 g/mol. The minimum atomic E-state index is 0.325. The Morgan fingerprint density at radius 1 is 1.05 bits per heavy atom. The van der Waals surface area contributed by atoms with E-state index in [-0.39, 0.29) is 0 Å². The molecule has 0 amide bonds. The van der Waals surface area contributed by atoms with Crippen LogP contribution in [0.5, 0.6) is 0 Å². The van der Waals surface area contributed by atoms with Gasteiger partial charge in [0.05, 0.1) is 0 Å². The molecule has 0 saturated heterocycles. The van der Waals surface area contributed by atoms with Crippen LogP contribution in [0.15, 0.2) is 42.5 Å². The van der Waals surface area contributed by atoms with Gasteiger partial charge in [-0.2, -0.15) is 0 Å². The van der Waals surface area contributed by atoms with Crippen LogP contribution in [0.4, 0.5) is 0 Å². The number of halogens is 1. The molecule has 0 aliphatic carbocycles. The Morgan fingerprint density at radius 3 is 2.33 bits per heavy atom. The first-order valence-electron chi connectivity index (χ1n) is 7.60. The lowest BCUT2D eigenvalue weighted by Crippen LogP contribution is -2.24. The van der Waals surface area contributed by atoms with Crippen LogP contribution >= 0.6 is 11.6 Å². The van der Waals surface area contributed by atoms with Crippen LogP contribution in [0, 0.1) is 13.8 Å². The highest BCUT2D eigenvalue weighted by Gasteiger charge is 2.15. The van der Waals surface area contributed by atoms with Crippen LogP contribution in [0.2, 0.25) is 5.02 Å². The van der Waals surface area contributed by atoms with Gasteiger partial charge in [-0.3, -0.25) is 0 Å². The average molecular weight is 302 g/mol. The number of aryl methyl sites for hydroxylation is 2. The van der Waals surface area contributed by atoms with E-state index in [1.165, 1.54) is 22.3 Å². The zero-order chi connectivity index (χ0) is 15.4. The second-order valence-electron chi connectivity index (χ2n) is 5.76. The molecule has 0 bridgehead atoms. The van der Waals surface area contributed by atoms with Crippen LogP contribution < -0.4 is 5.32 Å². The van der Waals surface area contributed by atoms with Crippen molar-refractivity contribution in [3.05, 3.63) is 69.7 Å². The molecule has 2 aromatic rings.